The van der Waals surface area contributed by atoms with Gasteiger partial charge in [0.2, 0.25) is 0 Å². The lowest BCUT2D eigenvalue weighted by molar-refractivity contribution is 0.237. The first-order valence-electron chi connectivity index (χ1n) is 6.01. The molecular formula is C11H13N7O. The smallest absolute Gasteiger partial charge is 0.243 e. The Bertz CT molecular complexity index is 593. The van der Waals surface area contributed by atoms with Crippen molar-refractivity contribution < 1.29 is 4.79 Å². The maximum absolute atomic E-state index is 12.1. The Kier molecular flexibility index (Phi) is 3.97. The van der Waals surface area contributed by atoms with Gasteiger partial charge in [0.05, 0.1) is 0 Å². The molecule has 0 aliphatic heterocycles. The molecule has 2 heterocycles. The van der Waals surface area contributed by atoms with Gasteiger partial charge in [0.25, 0.3) is 5.82 Å². The van der Waals surface area contributed by atoms with Crippen LogP contribution in [0, 0.1) is 11.3 Å². The molecule has 0 radical (unpaired) electrons. The van der Waals surface area contributed by atoms with E-state index in [2.05, 4.69) is 27.1 Å². The van der Waals surface area contributed by atoms with E-state index in [9.17, 15) is 4.79 Å². The Labute approximate surface area is 109 Å². The number of nitrogens with zero attached hydrogens (tertiary/aromatic N) is 7. The molecule has 0 saturated carbocycles. The van der Waals surface area contributed by atoms with Gasteiger partial charge in [0, 0.05) is 6.42 Å². The predicted molar refractivity (Wildman–Crippen MR) is 64.2 cm³/mol. The summed E-state index contributed by atoms with van der Waals surface area (Å²) in [6, 6.07) is 1.35. The highest BCUT2D eigenvalue weighted by Crippen LogP contribution is 2.06. The van der Waals surface area contributed by atoms with E-state index in [1.165, 1.54) is 12.7 Å². The number of carbonyl (C=O) groups excluding carboxylic acids is 1. The molecule has 0 spiro atoms. The summed E-state index contributed by atoms with van der Waals surface area (Å²) >= 11 is 0. The molecule has 0 aliphatic carbocycles. The van der Waals surface area contributed by atoms with Crippen molar-refractivity contribution in [3.63, 3.8) is 0 Å². The highest BCUT2D eigenvalue weighted by molar-refractivity contribution is 5.77. The summed E-state index contributed by atoms with van der Waals surface area (Å²) in [5.74, 6) is 0.463. The zero-order valence-corrected chi connectivity index (χ0v) is 10.5. The van der Waals surface area contributed by atoms with E-state index in [-0.39, 0.29) is 5.82 Å². The van der Waals surface area contributed by atoms with Crippen molar-refractivity contribution >= 4 is 6.03 Å². The molecule has 2 aromatic heterocycles. The maximum Gasteiger partial charge on any atom is 0.372 e. The van der Waals surface area contributed by atoms with E-state index < -0.39 is 6.03 Å². The van der Waals surface area contributed by atoms with Crippen molar-refractivity contribution in [2.24, 2.45) is 0 Å². The van der Waals surface area contributed by atoms with Crippen LogP contribution in [-0.2, 0) is 6.42 Å². The molecule has 2 aromatic rings. The lowest BCUT2D eigenvalue weighted by Crippen LogP contribution is -2.23. The van der Waals surface area contributed by atoms with E-state index in [1.807, 2.05) is 6.07 Å². The summed E-state index contributed by atoms with van der Waals surface area (Å²) in [4.78, 5) is 19.8. The third-order valence-electron chi connectivity index (χ3n) is 2.57. The summed E-state index contributed by atoms with van der Waals surface area (Å²) in [7, 11) is 0. The Morgan fingerprint density at radius 3 is 2.95 bits per heavy atom. The molecule has 0 N–H and O–H groups in total. The Balaban J connectivity index is 2.25. The minimum atomic E-state index is -0.488. The van der Waals surface area contributed by atoms with E-state index in [4.69, 9.17) is 5.26 Å². The van der Waals surface area contributed by atoms with Crippen LogP contribution in [0.1, 0.15) is 37.8 Å². The Morgan fingerprint density at radius 1 is 1.47 bits per heavy atom. The standard InChI is InChI=1S/C11H13N7O/c1-2-3-4-5-10-15-9(6-12)16-18(10)11(19)17-8-13-7-14-17/h7-8H,2-5H2,1H3. The average Bonchev–Trinajstić information content (AvgIpc) is 3.07. The van der Waals surface area contributed by atoms with Crippen LogP contribution in [0.4, 0.5) is 4.79 Å². The molecule has 0 atom stereocenters. The molecule has 0 aromatic carbocycles. The van der Waals surface area contributed by atoms with E-state index >= 15 is 0 Å². The van der Waals surface area contributed by atoms with Gasteiger partial charge in [-0.2, -0.15) is 19.7 Å². The van der Waals surface area contributed by atoms with Crippen molar-refractivity contribution in [2.75, 3.05) is 0 Å². The monoisotopic (exact) mass is 259 g/mol. The SMILES string of the molecule is CCCCCc1nc(C#N)nn1C(=O)n1cncn1. The van der Waals surface area contributed by atoms with Crippen molar-refractivity contribution in [3.05, 3.63) is 24.3 Å². The highest BCUT2D eigenvalue weighted by atomic mass is 16.2. The molecule has 0 saturated heterocycles. The third kappa shape index (κ3) is 2.82. The average molecular weight is 259 g/mol. The normalized spacial score (nSPS) is 10.3. The zero-order chi connectivity index (χ0) is 13.7. The van der Waals surface area contributed by atoms with Gasteiger partial charge in [0.15, 0.2) is 0 Å². The predicted octanol–water partition coefficient (Wildman–Crippen LogP) is 0.990. The van der Waals surface area contributed by atoms with Gasteiger partial charge in [-0.15, -0.1) is 5.10 Å². The number of carbonyl (C=O) groups is 1. The molecule has 0 fully saturated rings. The number of rotatable bonds is 4. The topological polar surface area (TPSA) is 102 Å². The van der Waals surface area contributed by atoms with Crippen LogP contribution < -0.4 is 0 Å². The van der Waals surface area contributed by atoms with Crippen LogP contribution in [0.25, 0.3) is 0 Å². The zero-order valence-electron chi connectivity index (χ0n) is 10.5. The minimum Gasteiger partial charge on any atom is -0.243 e. The van der Waals surface area contributed by atoms with Gasteiger partial charge in [-0.1, -0.05) is 19.8 Å². The minimum absolute atomic E-state index is 0.0139. The second-order valence-electron chi connectivity index (χ2n) is 3.95. The van der Waals surface area contributed by atoms with Crippen LogP contribution in [0.5, 0.6) is 0 Å². The van der Waals surface area contributed by atoms with E-state index in [0.717, 1.165) is 28.6 Å². The number of nitriles is 1. The molecule has 8 heteroatoms. The summed E-state index contributed by atoms with van der Waals surface area (Å²) in [5.41, 5.74) is 0. The summed E-state index contributed by atoms with van der Waals surface area (Å²) < 4.78 is 2.17. The molecular weight excluding hydrogens is 246 g/mol. The first-order valence-corrected chi connectivity index (χ1v) is 6.01. The molecule has 8 nitrogen and oxygen atoms in total. The van der Waals surface area contributed by atoms with Crippen LogP contribution in [0.15, 0.2) is 12.7 Å². The Morgan fingerprint density at radius 2 is 2.32 bits per heavy atom. The number of hydrogen-bond acceptors (Lipinski definition) is 6. The molecule has 0 bridgehead atoms. The third-order valence-corrected chi connectivity index (χ3v) is 2.57. The van der Waals surface area contributed by atoms with Crippen LogP contribution >= 0.6 is 0 Å². The van der Waals surface area contributed by atoms with Crippen LogP contribution in [-0.4, -0.2) is 35.6 Å². The second-order valence-corrected chi connectivity index (χ2v) is 3.95. The molecule has 98 valence electrons. The van der Waals surface area contributed by atoms with Gasteiger partial charge in [-0.3, -0.25) is 0 Å². The van der Waals surface area contributed by atoms with Gasteiger partial charge < -0.3 is 0 Å². The molecule has 0 amide bonds. The highest BCUT2D eigenvalue weighted by Gasteiger charge is 2.17. The fourth-order valence-corrected chi connectivity index (χ4v) is 1.64. The number of unbranched alkanes of at least 4 members (excludes halogenated alkanes) is 2. The van der Waals surface area contributed by atoms with Crippen LogP contribution in [0.2, 0.25) is 0 Å². The van der Waals surface area contributed by atoms with Gasteiger partial charge >= 0.3 is 6.03 Å². The summed E-state index contributed by atoms with van der Waals surface area (Å²) in [6.45, 7) is 2.09. The quantitative estimate of drug-likeness (QED) is 0.758. The molecule has 0 aliphatic rings. The van der Waals surface area contributed by atoms with Crippen LogP contribution in [0.3, 0.4) is 0 Å². The summed E-state index contributed by atoms with van der Waals surface area (Å²) in [6.07, 6.45) is 6.14. The first-order chi connectivity index (χ1) is 9.26. The van der Waals surface area contributed by atoms with E-state index in [0.29, 0.717) is 12.2 Å². The Hall–Kier alpha value is -2.56. The van der Waals surface area contributed by atoms with Gasteiger partial charge in [-0.05, 0) is 6.42 Å². The largest absolute Gasteiger partial charge is 0.372 e. The van der Waals surface area contributed by atoms with Crippen molar-refractivity contribution in [2.45, 2.75) is 32.6 Å². The number of aromatic nitrogens is 6. The van der Waals surface area contributed by atoms with Gasteiger partial charge in [0.1, 0.15) is 24.5 Å². The fraction of sp³-hybridized carbons (Fsp3) is 0.455. The lowest BCUT2D eigenvalue weighted by Gasteiger charge is -2.03. The lowest BCUT2D eigenvalue weighted by atomic mass is 10.2. The molecule has 2 rings (SSSR count). The second kappa shape index (κ2) is 5.86. The van der Waals surface area contributed by atoms with Crippen molar-refractivity contribution in [3.8, 4) is 6.07 Å². The van der Waals surface area contributed by atoms with E-state index in [1.54, 1.807) is 0 Å². The first kappa shape index (κ1) is 12.9. The molecule has 0 unspecified atom stereocenters. The number of hydrogen-bond donors (Lipinski definition) is 0. The maximum atomic E-state index is 12.1. The van der Waals surface area contributed by atoms with Gasteiger partial charge in [-0.25, -0.2) is 14.8 Å². The summed E-state index contributed by atoms with van der Waals surface area (Å²) in [5, 5.41) is 16.4. The number of aryl methyl sites for hydroxylation is 1. The fourth-order valence-electron chi connectivity index (χ4n) is 1.64. The van der Waals surface area contributed by atoms with Crippen molar-refractivity contribution in [1.29, 1.82) is 5.26 Å². The van der Waals surface area contributed by atoms with Crippen molar-refractivity contribution in [1.82, 2.24) is 29.5 Å². The molecule has 19 heavy (non-hydrogen) atoms.